The third kappa shape index (κ3) is 7.66. The molecule has 2 aromatic carbocycles. The molecule has 13 heteroatoms. The maximum Gasteiger partial charge on any atom is 0.406 e. The third-order valence-electron chi connectivity index (χ3n) is 9.85. The number of alkyl halides is 3. The lowest BCUT2D eigenvalue weighted by Gasteiger charge is -2.50. The number of hydrogen-bond donors (Lipinski definition) is 1. The summed E-state index contributed by atoms with van der Waals surface area (Å²) in [5.74, 6) is 6.22. The smallest absolute Gasteiger partial charge is 0.406 e. The number of nitrogens with one attached hydrogen (secondary N) is 1. The monoisotopic (exact) mass is 784 g/mol. The molecule has 47 heavy (non-hydrogen) atoms. The fourth-order valence-corrected chi connectivity index (χ4v) is 8.73. The van der Waals surface area contributed by atoms with Crippen molar-refractivity contribution in [2.75, 3.05) is 54.6 Å². The van der Waals surface area contributed by atoms with Crippen molar-refractivity contribution in [2.24, 2.45) is 5.41 Å². The molecule has 254 valence electrons. The number of fused-ring (bicyclic) bond motifs is 1. The summed E-state index contributed by atoms with van der Waals surface area (Å²) >= 11 is 2.34. The summed E-state index contributed by atoms with van der Waals surface area (Å²) in [6.07, 6.45) is 3.42. The highest BCUT2D eigenvalue weighted by molar-refractivity contribution is 14.1. The van der Waals surface area contributed by atoms with E-state index in [1.807, 2.05) is 12.1 Å². The number of sulfone groups is 1. The highest BCUT2D eigenvalue weighted by Gasteiger charge is 2.42. The van der Waals surface area contributed by atoms with Crippen LogP contribution < -0.4 is 13.2 Å². The first-order chi connectivity index (χ1) is 22.4. The Kier molecular flexibility index (Phi) is 9.96. The first kappa shape index (κ1) is 34.2. The molecule has 2 saturated heterocycles. The molecule has 3 fully saturated rings. The van der Waals surface area contributed by atoms with E-state index < -0.39 is 22.6 Å². The number of rotatable bonds is 8. The highest BCUT2D eigenvalue weighted by atomic mass is 127. The zero-order valence-corrected chi connectivity index (χ0v) is 29.6. The van der Waals surface area contributed by atoms with Gasteiger partial charge in [-0.15, -0.1) is 0 Å². The molecule has 0 unspecified atom stereocenters. The Morgan fingerprint density at radius 2 is 1.83 bits per heavy atom. The summed E-state index contributed by atoms with van der Waals surface area (Å²) in [5.41, 5.74) is 2.62. The van der Waals surface area contributed by atoms with E-state index in [9.17, 15) is 21.6 Å². The molecular formula is C34H40F3IN4O4S. The van der Waals surface area contributed by atoms with E-state index in [2.05, 4.69) is 48.0 Å². The van der Waals surface area contributed by atoms with Gasteiger partial charge >= 0.3 is 6.18 Å². The SMILES string of the molecule is COc1cc(S(C)(=O)=O)ccc1NCC#Cc1cc2c(N(I)C3CCC(N4CCC5(CC4)COC5)CC3)cccc2n1CC(F)(F)F. The van der Waals surface area contributed by atoms with E-state index in [0.29, 0.717) is 34.5 Å². The average Bonchev–Trinajstić information content (AvgIpc) is 3.37. The van der Waals surface area contributed by atoms with Crippen molar-refractivity contribution in [1.82, 2.24) is 9.47 Å². The molecule has 0 bridgehead atoms. The molecule has 1 aromatic heterocycles. The van der Waals surface area contributed by atoms with Crippen LogP contribution in [0, 0.1) is 17.3 Å². The molecule has 8 nitrogen and oxygen atoms in total. The Hall–Kier alpha value is -2.67. The average molecular weight is 785 g/mol. The van der Waals surface area contributed by atoms with Crippen molar-refractivity contribution in [3.8, 4) is 17.6 Å². The summed E-state index contributed by atoms with van der Waals surface area (Å²) in [6.45, 7) is 3.07. The van der Waals surface area contributed by atoms with E-state index in [0.717, 1.165) is 69.3 Å². The van der Waals surface area contributed by atoms with Crippen LogP contribution in [0.15, 0.2) is 47.4 Å². The first-order valence-electron chi connectivity index (χ1n) is 15.9. The Morgan fingerprint density at radius 3 is 2.45 bits per heavy atom. The second-order valence-electron chi connectivity index (χ2n) is 13.0. The highest BCUT2D eigenvalue weighted by Crippen LogP contribution is 2.42. The van der Waals surface area contributed by atoms with Gasteiger partial charge in [-0.1, -0.05) is 12.0 Å². The second kappa shape index (κ2) is 13.7. The lowest BCUT2D eigenvalue weighted by Crippen LogP contribution is -2.53. The van der Waals surface area contributed by atoms with Crippen LogP contribution in [-0.4, -0.2) is 82.4 Å². The number of benzene rings is 2. The molecule has 6 rings (SSSR count). The Bertz CT molecular complexity index is 1760. The van der Waals surface area contributed by atoms with Gasteiger partial charge in [-0.3, -0.25) is 0 Å². The second-order valence-corrected chi connectivity index (χ2v) is 16.1. The Morgan fingerprint density at radius 1 is 1.11 bits per heavy atom. The lowest BCUT2D eigenvalue weighted by molar-refractivity contribution is -0.143. The molecule has 3 aromatic rings. The topological polar surface area (TPSA) is 76.0 Å². The predicted octanol–water partition coefficient (Wildman–Crippen LogP) is 6.66. The fourth-order valence-electron chi connectivity index (χ4n) is 7.12. The van der Waals surface area contributed by atoms with Gasteiger partial charge in [0.2, 0.25) is 0 Å². The Labute approximate surface area is 288 Å². The normalized spacial score (nSPS) is 21.6. The van der Waals surface area contributed by atoms with Gasteiger partial charge in [-0.25, -0.2) is 8.42 Å². The fraction of sp³-hybridized carbons (Fsp3) is 0.529. The van der Waals surface area contributed by atoms with E-state index in [-0.39, 0.29) is 17.1 Å². The number of piperidine rings is 1. The van der Waals surface area contributed by atoms with Crippen LogP contribution in [-0.2, 0) is 21.1 Å². The van der Waals surface area contributed by atoms with Crippen molar-refractivity contribution in [3.63, 3.8) is 0 Å². The van der Waals surface area contributed by atoms with Gasteiger partial charge < -0.3 is 27.4 Å². The maximum atomic E-state index is 13.8. The van der Waals surface area contributed by atoms with Gasteiger partial charge in [0.1, 0.15) is 12.3 Å². The lowest BCUT2D eigenvalue weighted by atomic mass is 9.76. The number of aromatic nitrogens is 1. The molecule has 0 radical (unpaired) electrons. The van der Waals surface area contributed by atoms with Gasteiger partial charge in [0.25, 0.3) is 0 Å². The largest absolute Gasteiger partial charge is 0.495 e. The van der Waals surface area contributed by atoms with Crippen LogP contribution in [0.1, 0.15) is 44.2 Å². The molecule has 1 N–H and O–H groups in total. The van der Waals surface area contributed by atoms with Gasteiger partial charge in [-0.2, -0.15) is 13.2 Å². The minimum atomic E-state index is -4.42. The molecular weight excluding hydrogens is 744 g/mol. The molecule has 1 aliphatic carbocycles. The summed E-state index contributed by atoms with van der Waals surface area (Å²) in [7, 11) is -1.98. The quantitative estimate of drug-likeness (QED) is 0.156. The molecule has 0 atom stereocenters. The van der Waals surface area contributed by atoms with E-state index in [1.165, 1.54) is 36.7 Å². The zero-order valence-electron chi connectivity index (χ0n) is 26.6. The van der Waals surface area contributed by atoms with Gasteiger partial charge in [-0.05, 0) is 87.9 Å². The summed E-state index contributed by atoms with van der Waals surface area (Å²) in [4.78, 5) is 2.78. The number of hydrogen-bond acceptors (Lipinski definition) is 7. The van der Waals surface area contributed by atoms with Gasteiger partial charge in [0.15, 0.2) is 9.84 Å². The third-order valence-corrected chi connectivity index (χ3v) is 12.3. The predicted molar refractivity (Wildman–Crippen MR) is 186 cm³/mol. The Balaban J connectivity index is 1.17. The van der Waals surface area contributed by atoms with Crippen molar-refractivity contribution < 1.29 is 31.1 Å². The van der Waals surface area contributed by atoms with Crippen molar-refractivity contribution in [1.29, 1.82) is 0 Å². The number of ether oxygens (including phenoxy) is 2. The molecule has 0 amide bonds. The summed E-state index contributed by atoms with van der Waals surface area (Å²) in [6, 6.07) is 12.6. The van der Waals surface area contributed by atoms with E-state index in [4.69, 9.17) is 9.47 Å². The van der Waals surface area contributed by atoms with Gasteiger partial charge in [0.05, 0.1) is 77.2 Å². The zero-order chi connectivity index (χ0) is 33.4. The van der Waals surface area contributed by atoms with E-state index in [1.54, 1.807) is 18.2 Å². The van der Waals surface area contributed by atoms with Crippen LogP contribution in [0.2, 0.25) is 0 Å². The van der Waals surface area contributed by atoms with Crippen LogP contribution in [0.4, 0.5) is 24.5 Å². The van der Waals surface area contributed by atoms with Crippen molar-refractivity contribution >= 4 is 55.0 Å². The van der Waals surface area contributed by atoms with Crippen LogP contribution in [0.25, 0.3) is 10.9 Å². The van der Waals surface area contributed by atoms with Crippen LogP contribution in [0.5, 0.6) is 5.75 Å². The number of methoxy groups -OCH3 is 1. The standard InChI is InChI=1S/C34H40F3IN4O4S/c1-45-32-20-27(47(2,43)44)12-13-29(32)39-16-4-5-26-19-28-30(41(26)21-34(35,36)37)6-3-7-31(28)42(38)25-10-8-24(9-11-25)40-17-14-33(15-18-40)22-46-23-33/h3,6-7,12-13,19-20,24-25,39H,8-11,14-18,21-23H2,1-2H3. The minimum Gasteiger partial charge on any atom is -0.495 e. The molecule has 1 spiro atoms. The van der Waals surface area contributed by atoms with E-state index >= 15 is 0 Å². The van der Waals surface area contributed by atoms with Crippen LogP contribution >= 0.6 is 22.9 Å². The molecule has 3 aliphatic rings. The van der Waals surface area contributed by atoms with Crippen LogP contribution in [0.3, 0.4) is 0 Å². The number of likely N-dealkylation sites (tertiary alicyclic amines) is 1. The molecule has 2 aliphatic heterocycles. The minimum absolute atomic E-state index is 0.114. The van der Waals surface area contributed by atoms with Crippen molar-refractivity contribution in [3.05, 3.63) is 48.2 Å². The van der Waals surface area contributed by atoms with Gasteiger partial charge in [0, 0.05) is 35.2 Å². The molecule has 1 saturated carbocycles. The van der Waals surface area contributed by atoms with Crippen molar-refractivity contribution in [2.45, 2.75) is 68.2 Å². The maximum absolute atomic E-state index is 13.8. The molecule has 3 heterocycles. The number of nitrogens with zero attached hydrogens (tertiary/aromatic N) is 3. The first-order valence-corrected chi connectivity index (χ1v) is 18.8. The summed E-state index contributed by atoms with van der Waals surface area (Å²) in [5, 5.41) is 3.82. The number of anilines is 2. The number of halogens is 4. The summed E-state index contributed by atoms with van der Waals surface area (Å²) < 4.78 is 79.4.